The molecule has 30 heavy (non-hydrogen) atoms. The van der Waals surface area contributed by atoms with Crippen molar-refractivity contribution in [1.82, 2.24) is 9.21 Å². The van der Waals surface area contributed by atoms with Gasteiger partial charge in [-0.3, -0.25) is 4.79 Å². The minimum atomic E-state index is -3.68. The van der Waals surface area contributed by atoms with Crippen LogP contribution in [0.2, 0.25) is 0 Å². The van der Waals surface area contributed by atoms with Gasteiger partial charge in [0.15, 0.2) is 0 Å². The Morgan fingerprint density at radius 2 is 1.57 bits per heavy atom. The molecule has 5 nitrogen and oxygen atoms in total. The van der Waals surface area contributed by atoms with E-state index in [1.165, 1.54) is 28.2 Å². The number of hydrogen-bond donors (Lipinski definition) is 0. The summed E-state index contributed by atoms with van der Waals surface area (Å²) in [6.45, 7) is 1.15. The van der Waals surface area contributed by atoms with Gasteiger partial charge >= 0.3 is 0 Å². The molecule has 1 fully saturated rings. The SMILES string of the molecule is O=C(CSc1ccc2ccccc2c1)N1CCN(S(=O)(=O)c2ccc(F)cc2)CC1. The summed E-state index contributed by atoms with van der Waals surface area (Å²) < 4.78 is 39.8. The first-order valence-electron chi connectivity index (χ1n) is 9.58. The first-order chi connectivity index (χ1) is 14.4. The first kappa shape index (κ1) is 20.8. The maximum Gasteiger partial charge on any atom is 0.243 e. The molecule has 0 saturated carbocycles. The fourth-order valence-electron chi connectivity index (χ4n) is 3.43. The zero-order valence-electron chi connectivity index (χ0n) is 16.2. The molecular formula is C22H21FN2O3S2. The number of rotatable bonds is 5. The van der Waals surface area contributed by atoms with Gasteiger partial charge in [0.2, 0.25) is 15.9 Å². The number of thioether (sulfide) groups is 1. The van der Waals surface area contributed by atoms with Crippen molar-refractivity contribution in [2.24, 2.45) is 0 Å². The van der Waals surface area contributed by atoms with Crippen molar-refractivity contribution < 1.29 is 17.6 Å². The van der Waals surface area contributed by atoms with E-state index in [9.17, 15) is 17.6 Å². The molecule has 0 unspecified atom stereocenters. The van der Waals surface area contributed by atoms with E-state index in [1.54, 1.807) is 4.90 Å². The summed E-state index contributed by atoms with van der Waals surface area (Å²) in [5, 5.41) is 2.29. The molecule has 0 bridgehead atoms. The quantitative estimate of drug-likeness (QED) is 0.564. The summed E-state index contributed by atoms with van der Waals surface area (Å²) in [6.07, 6.45) is 0. The molecule has 1 aliphatic rings. The molecule has 0 atom stereocenters. The molecule has 156 valence electrons. The minimum Gasteiger partial charge on any atom is -0.339 e. The lowest BCUT2D eigenvalue weighted by Crippen LogP contribution is -2.50. The van der Waals surface area contributed by atoms with Gasteiger partial charge in [0.05, 0.1) is 10.6 Å². The highest BCUT2D eigenvalue weighted by Crippen LogP contribution is 2.24. The van der Waals surface area contributed by atoms with Crippen LogP contribution in [0, 0.1) is 5.82 Å². The van der Waals surface area contributed by atoms with Crippen molar-refractivity contribution in [2.75, 3.05) is 31.9 Å². The topological polar surface area (TPSA) is 57.7 Å². The highest BCUT2D eigenvalue weighted by Gasteiger charge is 2.30. The second-order valence-corrected chi connectivity index (χ2v) is 10.0. The van der Waals surface area contributed by atoms with E-state index in [1.807, 2.05) is 30.3 Å². The van der Waals surface area contributed by atoms with E-state index in [0.29, 0.717) is 18.8 Å². The fourth-order valence-corrected chi connectivity index (χ4v) is 5.70. The largest absolute Gasteiger partial charge is 0.339 e. The lowest BCUT2D eigenvalue weighted by molar-refractivity contribution is -0.129. The predicted molar refractivity (Wildman–Crippen MR) is 116 cm³/mol. The van der Waals surface area contributed by atoms with Crippen LogP contribution in [0.15, 0.2) is 76.5 Å². The van der Waals surface area contributed by atoms with Gasteiger partial charge in [-0.05, 0) is 47.2 Å². The van der Waals surface area contributed by atoms with Crippen LogP contribution in [0.1, 0.15) is 0 Å². The van der Waals surface area contributed by atoms with Crippen LogP contribution in [0.5, 0.6) is 0 Å². The zero-order valence-corrected chi connectivity index (χ0v) is 17.8. The van der Waals surface area contributed by atoms with Crippen molar-refractivity contribution in [2.45, 2.75) is 9.79 Å². The number of sulfonamides is 1. The number of carbonyl (C=O) groups is 1. The number of benzene rings is 3. The molecule has 0 N–H and O–H groups in total. The number of hydrogen-bond acceptors (Lipinski definition) is 4. The molecule has 3 aromatic rings. The van der Waals surface area contributed by atoms with Crippen LogP contribution in [-0.4, -0.2) is 55.5 Å². The summed E-state index contributed by atoms with van der Waals surface area (Å²) in [7, 11) is -3.68. The standard InChI is InChI=1S/C22H21FN2O3S2/c23-19-6-9-21(10-7-19)30(27,28)25-13-11-24(12-14-25)22(26)16-29-20-8-5-17-3-1-2-4-18(17)15-20/h1-10,15H,11-14,16H2. The van der Waals surface area contributed by atoms with Gasteiger partial charge in [-0.2, -0.15) is 4.31 Å². The van der Waals surface area contributed by atoms with Crippen molar-refractivity contribution in [3.63, 3.8) is 0 Å². The molecule has 0 aliphatic carbocycles. The molecule has 4 rings (SSSR count). The molecule has 0 radical (unpaired) electrons. The van der Waals surface area contributed by atoms with E-state index in [-0.39, 0.29) is 23.9 Å². The van der Waals surface area contributed by atoms with Crippen LogP contribution in [-0.2, 0) is 14.8 Å². The van der Waals surface area contributed by atoms with Gasteiger partial charge in [0, 0.05) is 31.1 Å². The van der Waals surface area contributed by atoms with E-state index in [0.717, 1.165) is 27.8 Å². The van der Waals surface area contributed by atoms with Crippen molar-refractivity contribution in [3.05, 3.63) is 72.5 Å². The maximum atomic E-state index is 13.1. The fraction of sp³-hybridized carbons (Fsp3) is 0.227. The zero-order chi connectivity index (χ0) is 21.1. The molecule has 1 aliphatic heterocycles. The highest BCUT2D eigenvalue weighted by atomic mass is 32.2. The predicted octanol–water partition coefficient (Wildman–Crippen LogP) is 3.60. The van der Waals surface area contributed by atoms with Gasteiger partial charge < -0.3 is 4.90 Å². The third kappa shape index (κ3) is 4.50. The number of nitrogens with zero attached hydrogens (tertiary/aromatic N) is 2. The second kappa shape index (κ2) is 8.75. The van der Waals surface area contributed by atoms with E-state index >= 15 is 0 Å². The molecule has 0 aromatic heterocycles. The Morgan fingerprint density at radius 1 is 0.900 bits per heavy atom. The van der Waals surface area contributed by atoms with Gasteiger partial charge in [0.1, 0.15) is 5.82 Å². The number of halogens is 1. The Labute approximate surface area is 179 Å². The molecule has 1 heterocycles. The maximum absolute atomic E-state index is 13.1. The number of amides is 1. The van der Waals surface area contributed by atoms with E-state index < -0.39 is 15.8 Å². The molecule has 1 amide bonds. The molecule has 1 saturated heterocycles. The van der Waals surface area contributed by atoms with Crippen LogP contribution < -0.4 is 0 Å². The molecular weight excluding hydrogens is 423 g/mol. The number of fused-ring (bicyclic) bond motifs is 1. The van der Waals surface area contributed by atoms with Crippen LogP contribution in [0.4, 0.5) is 4.39 Å². The molecule has 0 spiro atoms. The summed E-state index contributed by atoms with van der Waals surface area (Å²) >= 11 is 1.48. The average Bonchev–Trinajstić information content (AvgIpc) is 2.77. The van der Waals surface area contributed by atoms with Crippen molar-refractivity contribution in [1.29, 1.82) is 0 Å². The summed E-state index contributed by atoms with van der Waals surface area (Å²) in [6, 6.07) is 19.0. The Bertz CT molecular complexity index is 1160. The number of carbonyl (C=O) groups excluding carboxylic acids is 1. The Kier molecular flexibility index (Phi) is 6.08. The highest BCUT2D eigenvalue weighted by molar-refractivity contribution is 8.00. The lowest BCUT2D eigenvalue weighted by atomic mass is 10.1. The Hall–Kier alpha value is -2.42. The Morgan fingerprint density at radius 3 is 2.27 bits per heavy atom. The van der Waals surface area contributed by atoms with Gasteiger partial charge in [-0.25, -0.2) is 12.8 Å². The Balaban J connectivity index is 1.33. The molecule has 8 heteroatoms. The van der Waals surface area contributed by atoms with Gasteiger partial charge in [-0.1, -0.05) is 30.3 Å². The third-order valence-electron chi connectivity index (χ3n) is 5.13. The summed E-state index contributed by atoms with van der Waals surface area (Å²) in [5.74, 6) is -0.177. The minimum absolute atomic E-state index is 0.00742. The summed E-state index contributed by atoms with van der Waals surface area (Å²) in [5.41, 5.74) is 0. The van der Waals surface area contributed by atoms with Crippen LogP contribution in [0.25, 0.3) is 10.8 Å². The second-order valence-electron chi connectivity index (χ2n) is 7.04. The smallest absolute Gasteiger partial charge is 0.243 e. The van der Waals surface area contributed by atoms with Crippen molar-refractivity contribution in [3.8, 4) is 0 Å². The monoisotopic (exact) mass is 444 g/mol. The lowest BCUT2D eigenvalue weighted by Gasteiger charge is -2.34. The van der Waals surface area contributed by atoms with Crippen LogP contribution in [0.3, 0.4) is 0 Å². The van der Waals surface area contributed by atoms with Gasteiger partial charge in [0.25, 0.3) is 0 Å². The normalized spacial score (nSPS) is 15.4. The van der Waals surface area contributed by atoms with E-state index in [2.05, 4.69) is 12.1 Å². The third-order valence-corrected chi connectivity index (χ3v) is 8.02. The number of piperazine rings is 1. The molecule has 3 aromatic carbocycles. The summed E-state index contributed by atoms with van der Waals surface area (Å²) in [4.78, 5) is 15.4. The van der Waals surface area contributed by atoms with Crippen molar-refractivity contribution >= 4 is 38.5 Å². The average molecular weight is 445 g/mol. The van der Waals surface area contributed by atoms with E-state index in [4.69, 9.17) is 0 Å². The van der Waals surface area contributed by atoms with Gasteiger partial charge in [-0.15, -0.1) is 11.8 Å². The van der Waals surface area contributed by atoms with Crippen LogP contribution >= 0.6 is 11.8 Å². The first-order valence-corrected chi connectivity index (χ1v) is 12.0.